The van der Waals surface area contributed by atoms with E-state index in [4.69, 9.17) is 5.73 Å². The maximum absolute atomic E-state index is 6.79. The molecule has 32 heavy (non-hydrogen) atoms. The summed E-state index contributed by atoms with van der Waals surface area (Å²) in [4.78, 5) is 0. The summed E-state index contributed by atoms with van der Waals surface area (Å²) in [6.07, 6.45) is 3.88. The lowest BCUT2D eigenvalue weighted by Crippen LogP contribution is -2.27. The monoisotopic (exact) mass is 416 g/mol. The molecule has 2 N–H and O–H groups in total. The lowest BCUT2D eigenvalue weighted by Gasteiger charge is -2.13. The summed E-state index contributed by atoms with van der Waals surface area (Å²) < 4.78 is 1.82. The number of hydrogen-bond acceptors (Lipinski definition) is 3. The van der Waals surface area contributed by atoms with E-state index < -0.39 is 0 Å². The topological polar surface area (TPSA) is 56.7 Å². The summed E-state index contributed by atoms with van der Waals surface area (Å²) in [5, 5.41) is 11.2. The predicted octanol–water partition coefficient (Wildman–Crippen LogP) is 5.52. The molecule has 1 aliphatic carbocycles. The largest absolute Gasteiger partial charge is 0.324 e. The van der Waals surface area contributed by atoms with Crippen LogP contribution >= 0.6 is 0 Å². The molecule has 1 heterocycles. The van der Waals surface area contributed by atoms with Gasteiger partial charge in [0.15, 0.2) is 0 Å². The van der Waals surface area contributed by atoms with Crippen LogP contribution in [0.2, 0.25) is 0 Å². The molecule has 4 nitrogen and oxygen atoms in total. The van der Waals surface area contributed by atoms with E-state index in [0.717, 1.165) is 29.8 Å². The molecule has 2 atom stereocenters. The second kappa shape index (κ2) is 7.43. The Morgan fingerprint density at radius 3 is 2.41 bits per heavy atom. The van der Waals surface area contributed by atoms with E-state index >= 15 is 0 Å². The van der Waals surface area contributed by atoms with E-state index in [1.807, 2.05) is 41.2 Å². The van der Waals surface area contributed by atoms with Crippen molar-refractivity contribution in [2.75, 3.05) is 0 Å². The third-order valence-electron chi connectivity index (χ3n) is 6.59. The van der Waals surface area contributed by atoms with Gasteiger partial charge in [0, 0.05) is 17.0 Å². The maximum atomic E-state index is 6.79. The van der Waals surface area contributed by atoms with Crippen molar-refractivity contribution in [3.05, 3.63) is 114 Å². The van der Waals surface area contributed by atoms with Gasteiger partial charge >= 0.3 is 0 Å². The van der Waals surface area contributed by atoms with Crippen molar-refractivity contribution in [2.45, 2.75) is 24.3 Å². The summed E-state index contributed by atoms with van der Waals surface area (Å²) in [5.74, 6) is 0.388. The molecular weight excluding hydrogens is 392 g/mol. The summed E-state index contributed by atoms with van der Waals surface area (Å²) in [7, 11) is 0. The lowest BCUT2D eigenvalue weighted by molar-refractivity contribution is 0.646. The van der Waals surface area contributed by atoms with E-state index in [1.54, 1.807) is 0 Å². The molecule has 0 aliphatic heterocycles. The van der Waals surface area contributed by atoms with Crippen LogP contribution in [0.1, 0.15) is 23.5 Å². The van der Waals surface area contributed by atoms with Gasteiger partial charge in [0.05, 0.1) is 11.9 Å². The first-order chi connectivity index (χ1) is 15.7. The van der Waals surface area contributed by atoms with Crippen LogP contribution in [0.3, 0.4) is 0 Å². The minimum absolute atomic E-state index is 0.169. The van der Waals surface area contributed by atoms with Crippen molar-refractivity contribution in [1.29, 1.82) is 0 Å². The van der Waals surface area contributed by atoms with Crippen molar-refractivity contribution in [3.8, 4) is 16.9 Å². The van der Waals surface area contributed by atoms with Crippen LogP contribution < -0.4 is 5.73 Å². The molecule has 0 saturated heterocycles. The molecule has 1 aliphatic rings. The maximum Gasteiger partial charge on any atom is 0.113 e. The zero-order valence-electron chi connectivity index (χ0n) is 17.7. The molecule has 1 saturated carbocycles. The quantitative estimate of drug-likeness (QED) is 0.411. The highest BCUT2D eigenvalue weighted by atomic mass is 15.4. The normalized spacial score (nSPS) is 19.8. The number of nitrogens with zero attached hydrogens (tertiary/aromatic N) is 3. The standard InChI is InChI=1S/C28H24N4/c29-28(17-20-10-11-21-6-4-5-9-24(21)16-20)18-26(28)22-12-14-25(15-13-22)32-19-27(30-31-32)23-7-2-1-3-8-23/h1-16,19,26H,17-18,29H2/t26-,28-/m0/s1. The minimum atomic E-state index is -0.169. The molecule has 0 amide bonds. The fourth-order valence-corrected chi connectivity index (χ4v) is 4.69. The van der Waals surface area contributed by atoms with E-state index in [-0.39, 0.29) is 5.54 Å². The Balaban J connectivity index is 1.18. The third-order valence-corrected chi connectivity index (χ3v) is 6.59. The van der Waals surface area contributed by atoms with Gasteiger partial charge in [0.2, 0.25) is 0 Å². The van der Waals surface area contributed by atoms with Gasteiger partial charge in [-0.05, 0) is 46.9 Å². The predicted molar refractivity (Wildman–Crippen MR) is 129 cm³/mol. The molecule has 0 bridgehead atoms. The minimum Gasteiger partial charge on any atom is -0.324 e. The smallest absolute Gasteiger partial charge is 0.113 e. The second-order valence-electron chi connectivity index (χ2n) is 8.85. The van der Waals surface area contributed by atoms with Gasteiger partial charge in [-0.2, -0.15) is 0 Å². The van der Waals surface area contributed by atoms with E-state index in [1.165, 1.54) is 21.9 Å². The molecule has 1 fully saturated rings. The number of benzene rings is 4. The Hall–Kier alpha value is -3.76. The number of fused-ring (bicyclic) bond motifs is 1. The first-order valence-electron chi connectivity index (χ1n) is 11.0. The van der Waals surface area contributed by atoms with E-state index in [0.29, 0.717) is 5.92 Å². The van der Waals surface area contributed by atoms with Crippen LogP contribution in [-0.4, -0.2) is 20.5 Å². The Labute approximate surface area is 187 Å². The van der Waals surface area contributed by atoms with Crippen molar-refractivity contribution in [2.24, 2.45) is 5.73 Å². The van der Waals surface area contributed by atoms with E-state index in [9.17, 15) is 0 Å². The lowest BCUT2D eigenvalue weighted by atomic mass is 9.97. The zero-order chi connectivity index (χ0) is 21.5. The van der Waals surface area contributed by atoms with Crippen LogP contribution in [0, 0.1) is 0 Å². The average molecular weight is 417 g/mol. The van der Waals surface area contributed by atoms with Crippen LogP contribution in [-0.2, 0) is 6.42 Å². The fourth-order valence-electron chi connectivity index (χ4n) is 4.69. The summed E-state index contributed by atoms with van der Waals surface area (Å²) in [6.45, 7) is 0. The Kier molecular flexibility index (Phi) is 4.40. The second-order valence-corrected chi connectivity index (χ2v) is 8.85. The molecule has 156 valence electrons. The molecule has 6 rings (SSSR count). The van der Waals surface area contributed by atoms with Crippen molar-refractivity contribution >= 4 is 10.8 Å². The van der Waals surface area contributed by atoms with Gasteiger partial charge in [-0.15, -0.1) is 5.10 Å². The summed E-state index contributed by atoms with van der Waals surface area (Å²) in [6, 6.07) is 33.8. The summed E-state index contributed by atoms with van der Waals surface area (Å²) in [5.41, 5.74) is 12.2. The van der Waals surface area contributed by atoms with Gasteiger partial charge in [-0.25, -0.2) is 4.68 Å². The highest BCUT2D eigenvalue weighted by Crippen LogP contribution is 2.51. The van der Waals surface area contributed by atoms with E-state index in [2.05, 4.69) is 77.0 Å². The highest BCUT2D eigenvalue weighted by molar-refractivity contribution is 5.83. The third kappa shape index (κ3) is 3.49. The first-order valence-corrected chi connectivity index (χ1v) is 11.0. The fraction of sp³-hybridized carbons (Fsp3) is 0.143. The highest BCUT2D eigenvalue weighted by Gasteiger charge is 2.51. The Morgan fingerprint density at radius 2 is 1.59 bits per heavy atom. The van der Waals surface area contributed by atoms with Gasteiger partial charge in [0.25, 0.3) is 0 Å². The van der Waals surface area contributed by atoms with Gasteiger partial charge in [-0.3, -0.25) is 0 Å². The van der Waals surface area contributed by atoms with Crippen molar-refractivity contribution in [3.63, 3.8) is 0 Å². The molecule has 0 spiro atoms. The number of nitrogens with two attached hydrogens (primary N) is 1. The molecule has 4 aromatic carbocycles. The van der Waals surface area contributed by atoms with Gasteiger partial charge in [0.1, 0.15) is 5.69 Å². The SMILES string of the molecule is N[C@@]1(Cc2ccc3ccccc3c2)C[C@H]1c1ccc(-n2cc(-c3ccccc3)nn2)cc1. The van der Waals surface area contributed by atoms with Crippen LogP contribution in [0.25, 0.3) is 27.7 Å². The van der Waals surface area contributed by atoms with Gasteiger partial charge in [-0.1, -0.05) is 90.1 Å². The first kappa shape index (κ1) is 19.0. The Bertz CT molecular complexity index is 1390. The average Bonchev–Trinajstić information content (AvgIpc) is 3.26. The van der Waals surface area contributed by atoms with Crippen LogP contribution in [0.15, 0.2) is 103 Å². The molecule has 0 unspecified atom stereocenters. The number of rotatable bonds is 5. The number of hydrogen-bond donors (Lipinski definition) is 1. The molecule has 5 aromatic rings. The van der Waals surface area contributed by atoms with Crippen LogP contribution in [0.4, 0.5) is 0 Å². The van der Waals surface area contributed by atoms with Crippen molar-refractivity contribution < 1.29 is 0 Å². The van der Waals surface area contributed by atoms with Crippen LogP contribution in [0.5, 0.6) is 0 Å². The molecule has 1 aromatic heterocycles. The van der Waals surface area contributed by atoms with Crippen molar-refractivity contribution in [1.82, 2.24) is 15.0 Å². The zero-order valence-corrected chi connectivity index (χ0v) is 17.7. The molecule has 0 radical (unpaired) electrons. The number of aromatic nitrogens is 3. The molecular formula is C28H24N4. The Morgan fingerprint density at radius 1 is 0.844 bits per heavy atom. The summed E-state index contributed by atoms with van der Waals surface area (Å²) >= 11 is 0. The molecule has 4 heteroatoms. The van der Waals surface area contributed by atoms with Gasteiger partial charge < -0.3 is 5.73 Å².